The lowest BCUT2D eigenvalue weighted by atomic mass is 10.0. The summed E-state index contributed by atoms with van der Waals surface area (Å²) in [6, 6.07) is 5.64. The molecule has 1 aromatic rings. The summed E-state index contributed by atoms with van der Waals surface area (Å²) in [6.45, 7) is 6.89. The highest BCUT2D eigenvalue weighted by atomic mass is 16.5. The molecule has 20 heavy (non-hydrogen) atoms. The zero-order valence-electron chi connectivity index (χ0n) is 12.3. The van der Waals surface area contributed by atoms with Crippen LogP contribution in [0.15, 0.2) is 18.2 Å². The topological polar surface area (TPSA) is 49.8 Å². The van der Waals surface area contributed by atoms with Gasteiger partial charge >= 0.3 is 5.97 Å². The first-order chi connectivity index (χ1) is 9.58. The minimum absolute atomic E-state index is 0.305. The zero-order valence-corrected chi connectivity index (χ0v) is 12.3. The van der Waals surface area contributed by atoms with Gasteiger partial charge in [0.1, 0.15) is 12.4 Å². The Kier molecular flexibility index (Phi) is 5.01. The molecule has 1 aliphatic rings. The summed E-state index contributed by atoms with van der Waals surface area (Å²) < 4.78 is 5.79. The Morgan fingerprint density at radius 2 is 2.25 bits per heavy atom. The van der Waals surface area contributed by atoms with Gasteiger partial charge in [0.25, 0.3) is 0 Å². The maximum Gasteiger partial charge on any atom is 0.335 e. The van der Waals surface area contributed by atoms with E-state index in [-0.39, 0.29) is 0 Å². The molecule has 0 aliphatic carbocycles. The molecule has 1 heterocycles. The number of hydrogen-bond donors (Lipinski definition) is 1. The fourth-order valence-corrected chi connectivity index (χ4v) is 2.71. The number of carboxylic acid groups (broad SMARTS) is 1. The van der Waals surface area contributed by atoms with E-state index in [0.717, 1.165) is 24.4 Å². The van der Waals surface area contributed by atoms with E-state index < -0.39 is 5.97 Å². The van der Waals surface area contributed by atoms with Crippen molar-refractivity contribution in [3.05, 3.63) is 29.3 Å². The Morgan fingerprint density at radius 1 is 1.45 bits per heavy atom. The van der Waals surface area contributed by atoms with Crippen LogP contribution < -0.4 is 4.74 Å². The second kappa shape index (κ2) is 6.75. The van der Waals surface area contributed by atoms with E-state index >= 15 is 0 Å². The number of hydrogen-bond acceptors (Lipinski definition) is 3. The summed E-state index contributed by atoms with van der Waals surface area (Å²) in [5.41, 5.74) is 1.18. The summed E-state index contributed by atoms with van der Waals surface area (Å²) in [7, 11) is 0. The van der Waals surface area contributed by atoms with E-state index in [1.807, 2.05) is 6.92 Å². The van der Waals surface area contributed by atoms with Gasteiger partial charge in [-0.15, -0.1) is 0 Å². The lowest BCUT2D eigenvalue weighted by Crippen LogP contribution is -2.39. The fraction of sp³-hybridized carbons (Fsp3) is 0.562. The van der Waals surface area contributed by atoms with Crippen LogP contribution in [0.25, 0.3) is 0 Å². The van der Waals surface area contributed by atoms with Gasteiger partial charge in [-0.3, -0.25) is 4.90 Å². The van der Waals surface area contributed by atoms with Crippen LogP contribution in [0.5, 0.6) is 5.75 Å². The minimum atomic E-state index is -0.901. The predicted octanol–water partition coefficient (Wildman–Crippen LogP) is 2.95. The molecule has 110 valence electrons. The number of carboxylic acids is 1. The van der Waals surface area contributed by atoms with Gasteiger partial charge < -0.3 is 9.84 Å². The molecule has 1 unspecified atom stereocenters. The molecule has 1 fully saturated rings. The number of piperidine rings is 1. The molecule has 0 spiro atoms. The van der Waals surface area contributed by atoms with Crippen LogP contribution in [0.4, 0.5) is 0 Å². The highest BCUT2D eigenvalue weighted by molar-refractivity contribution is 5.88. The van der Waals surface area contributed by atoms with Crippen LogP contribution >= 0.6 is 0 Å². The van der Waals surface area contributed by atoms with Crippen LogP contribution in [0.1, 0.15) is 42.1 Å². The van der Waals surface area contributed by atoms with Gasteiger partial charge in [-0.25, -0.2) is 4.79 Å². The van der Waals surface area contributed by atoms with E-state index in [1.54, 1.807) is 18.2 Å². The molecule has 1 N–H and O–H groups in total. The Balaban J connectivity index is 1.86. The van der Waals surface area contributed by atoms with Gasteiger partial charge in [0.05, 0.1) is 5.56 Å². The molecule has 1 saturated heterocycles. The highest BCUT2D eigenvalue weighted by Crippen LogP contribution is 2.20. The Hall–Kier alpha value is -1.55. The number of carbonyl (C=O) groups is 1. The van der Waals surface area contributed by atoms with E-state index in [1.165, 1.54) is 19.3 Å². The third kappa shape index (κ3) is 3.73. The lowest BCUT2D eigenvalue weighted by molar-refractivity contribution is 0.0696. The third-order valence-corrected chi connectivity index (χ3v) is 4.00. The third-order valence-electron chi connectivity index (χ3n) is 4.00. The average molecular weight is 277 g/mol. The smallest absolute Gasteiger partial charge is 0.335 e. The molecule has 0 aromatic heterocycles. The first kappa shape index (κ1) is 14.9. The Bertz CT molecular complexity index is 473. The predicted molar refractivity (Wildman–Crippen MR) is 78.5 cm³/mol. The number of aryl methyl sites for hydroxylation is 1. The largest absolute Gasteiger partial charge is 0.492 e. The minimum Gasteiger partial charge on any atom is -0.492 e. The zero-order chi connectivity index (χ0) is 14.5. The molecule has 1 aliphatic heterocycles. The van der Waals surface area contributed by atoms with Crippen molar-refractivity contribution in [1.82, 2.24) is 4.90 Å². The maximum absolute atomic E-state index is 10.9. The summed E-state index contributed by atoms with van der Waals surface area (Å²) in [6.07, 6.45) is 3.87. The Labute approximate surface area is 120 Å². The van der Waals surface area contributed by atoms with Crippen molar-refractivity contribution in [2.24, 2.45) is 0 Å². The van der Waals surface area contributed by atoms with Gasteiger partial charge in [0.2, 0.25) is 0 Å². The number of nitrogens with zero attached hydrogens (tertiary/aromatic N) is 1. The molecule has 0 saturated carbocycles. The lowest BCUT2D eigenvalue weighted by Gasteiger charge is -2.33. The molecule has 4 heteroatoms. The van der Waals surface area contributed by atoms with Crippen LogP contribution in [-0.2, 0) is 0 Å². The van der Waals surface area contributed by atoms with E-state index in [9.17, 15) is 4.79 Å². The molecular formula is C16H23NO3. The van der Waals surface area contributed by atoms with Crippen molar-refractivity contribution >= 4 is 5.97 Å². The van der Waals surface area contributed by atoms with Crippen molar-refractivity contribution in [3.8, 4) is 5.75 Å². The number of benzene rings is 1. The van der Waals surface area contributed by atoms with Crippen molar-refractivity contribution in [2.45, 2.75) is 39.2 Å². The first-order valence-electron chi connectivity index (χ1n) is 7.28. The standard InChI is InChI=1S/C16H23NO3/c1-12-11-14(16(18)19)6-7-15(12)20-10-9-17-8-4-3-5-13(17)2/h6-7,11,13H,3-5,8-10H2,1-2H3,(H,18,19). The summed E-state index contributed by atoms with van der Waals surface area (Å²) >= 11 is 0. The van der Waals surface area contributed by atoms with Crippen LogP contribution in [0, 0.1) is 6.92 Å². The second-order valence-corrected chi connectivity index (χ2v) is 5.51. The van der Waals surface area contributed by atoms with Gasteiger partial charge in [0, 0.05) is 12.6 Å². The van der Waals surface area contributed by atoms with Crippen molar-refractivity contribution < 1.29 is 14.6 Å². The molecule has 1 atom stereocenters. The number of aromatic carboxylic acids is 1. The van der Waals surface area contributed by atoms with Gasteiger partial charge in [-0.2, -0.15) is 0 Å². The fourth-order valence-electron chi connectivity index (χ4n) is 2.71. The summed E-state index contributed by atoms with van der Waals surface area (Å²) in [4.78, 5) is 13.3. The van der Waals surface area contributed by atoms with E-state index in [0.29, 0.717) is 18.2 Å². The number of rotatable bonds is 5. The summed E-state index contributed by atoms with van der Waals surface area (Å²) in [5, 5.41) is 8.93. The molecular weight excluding hydrogens is 254 g/mol. The average Bonchev–Trinajstić information content (AvgIpc) is 2.42. The highest BCUT2D eigenvalue weighted by Gasteiger charge is 2.17. The van der Waals surface area contributed by atoms with Gasteiger partial charge in [-0.1, -0.05) is 6.42 Å². The number of likely N-dealkylation sites (tertiary alicyclic amines) is 1. The van der Waals surface area contributed by atoms with Crippen molar-refractivity contribution in [3.63, 3.8) is 0 Å². The molecule has 4 nitrogen and oxygen atoms in total. The monoisotopic (exact) mass is 277 g/mol. The normalized spacial score (nSPS) is 19.8. The van der Waals surface area contributed by atoms with Crippen LogP contribution in [0.3, 0.4) is 0 Å². The molecule has 0 radical (unpaired) electrons. The second-order valence-electron chi connectivity index (χ2n) is 5.51. The van der Waals surface area contributed by atoms with Crippen LogP contribution in [0.2, 0.25) is 0 Å². The molecule has 0 bridgehead atoms. The van der Waals surface area contributed by atoms with E-state index in [4.69, 9.17) is 9.84 Å². The summed E-state index contributed by atoms with van der Waals surface area (Å²) in [5.74, 6) is -0.124. The maximum atomic E-state index is 10.9. The first-order valence-corrected chi connectivity index (χ1v) is 7.28. The van der Waals surface area contributed by atoms with E-state index in [2.05, 4.69) is 11.8 Å². The molecule has 2 rings (SSSR count). The van der Waals surface area contributed by atoms with Gasteiger partial charge in [0.15, 0.2) is 0 Å². The van der Waals surface area contributed by atoms with Crippen molar-refractivity contribution in [2.75, 3.05) is 19.7 Å². The van der Waals surface area contributed by atoms with Crippen molar-refractivity contribution in [1.29, 1.82) is 0 Å². The molecule has 0 amide bonds. The SMILES string of the molecule is Cc1cc(C(=O)O)ccc1OCCN1CCCCC1C. The Morgan fingerprint density at radius 3 is 2.90 bits per heavy atom. The number of ether oxygens (including phenoxy) is 1. The quantitative estimate of drug-likeness (QED) is 0.899. The molecule has 1 aromatic carbocycles. The van der Waals surface area contributed by atoms with Gasteiger partial charge in [-0.05, 0) is 57.0 Å². The van der Waals surface area contributed by atoms with Crippen LogP contribution in [-0.4, -0.2) is 41.7 Å².